The Morgan fingerprint density at radius 2 is 1.71 bits per heavy atom. The number of hydrogen-bond donors (Lipinski definition) is 1. The fraction of sp³-hybridized carbons (Fsp3) is 0.417. The molecule has 2 unspecified atom stereocenters. The minimum atomic E-state index is -0.143. The van der Waals surface area contributed by atoms with Gasteiger partial charge in [0, 0.05) is 24.0 Å². The molecule has 5 nitrogen and oxygen atoms in total. The molecule has 0 radical (unpaired) electrons. The molecule has 7 heteroatoms. The Balaban J connectivity index is 1.43. The summed E-state index contributed by atoms with van der Waals surface area (Å²) in [6.45, 7) is 3.92. The highest BCUT2D eigenvalue weighted by molar-refractivity contribution is 6.40. The number of carbonyl (C=O) groups is 1. The van der Waals surface area contributed by atoms with E-state index >= 15 is 0 Å². The molecule has 1 N–H and O–H groups in total. The van der Waals surface area contributed by atoms with Gasteiger partial charge in [0.05, 0.1) is 16.8 Å². The highest BCUT2D eigenvalue weighted by atomic mass is 35.5. The van der Waals surface area contributed by atoms with Gasteiger partial charge in [-0.05, 0) is 54.5 Å². The monoisotopic (exact) mass is 456 g/mol. The average Bonchev–Trinajstić information content (AvgIpc) is 3.43. The van der Waals surface area contributed by atoms with E-state index in [-0.39, 0.29) is 17.9 Å². The van der Waals surface area contributed by atoms with Gasteiger partial charge in [-0.15, -0.1) is 0 Å². The number of amides is 1. The van der Waals surface area contributed by atoms with Gasteiger partial charge in [0.2, 0.25) is 0 Å². The Morgan fingerprint density at radius 3 is 2.39 bits per heavy atom. The van der Waals surface area contributed by atoms with Crippen LogP contribution in [0.5, 0.6) is 0 Å². The molecule has 162 valence electrons. The number of hydrazone groups is 1. The van der Waals surface area contributed by atoms with Crippen LogP contribution in [0.2, 0.25) is 10.0 Å². The Labute approximate surface area is 193 Å². The minimum absolute atomic E-state index is 0.112. The van der Waals surface area contributed by atoms with E-state index in [9.17, 15) is 4.79 Å². The molecule has 1 saturated heterocycles. The van der Waals surface area contributed by atoms with Crippen LogP contribution in [-0.2, 0) is 4.79 Å². The fourth-order valence-corrected chi connectivity index (χ4v) is 5.69. The van der Waals surface area contributed by atoms with Gasteiger partial charge >= 0.3 is 0 Å². The number of nitrogens with zero attached hydrogens (tertiary/aromatic N) is 3. The van der Waals surface area contributed by atoms with Crippen molar-refractivity contribution in [3.8, 4) is 0 Å². The molecule has 0 spiro atoms. The van der Waals surface area contributed by atoms with Crippen molar-refractivity contribution in [2.75, 3.05) is 18.1 Å². The second-order valence-corrected chi connectivity index (χ2v) is 9.71. The van der Waals surface area contributed by atoms with Crippen molar-refractivity contribution in [3.63, 3.8) is 0 Å². The lowest BCUT2D eigenvalue weighted by Crippen LogP contribution is -2.45. The zero-order chi connectivity index (χ0) is 21.5. The quantitative estimate of drug-likeness (QED) is 0.677. The highest BCUT2D eigenvalue weighted by Gasteiger charge is 2.42. The van der Waals surface area contributed by atoms with E-state index in [0.29, 0.717) is 27.6 Å². The topological polar surface area (TPSA) is 47.9 Å². The first kappa shape index (κ1) is 20.8. The smallest absolute Gasteiger partial charge is 0.282 e. The number of para-hydroxylation sites is 1. The number of halogens is 2. The number of fused-ring (bicyclic) bond motifs is 1. The summed E-state index contributed by atoms with van der Waals surface area (Å²) in [6, 6.07) is 15.2. The van der Waals surface area contributed by atoms with Gasteiger partial charge in [0.25, 0.3) is 5.91 Å². The van der Waals surface area contributed by atoms with E-state index in [4.69, 9.17) is 28.3 Å². The first-order valence-corrected chi connectivity index (χ1v) is 11.7. The van der Waals surface area contributed by atoms with Crippen molar-refractivity contribution >= 4 is 40.5 Å². The van der Waals surface area contributed by atoms with Crippen LogP contribution in [0.4, 0.5) is 5.69 Å². The van der Waals surface area contributed by atoms with Crippen LogP contribution in [0.15, 0.2) is 53.6 Å². The van der Waals surface area contributed by atoms with E-state index in [2.05, 4.69) is 10.4 Å². The van der Waals surface area contributed by atoms with Gasteiger partial charge in [-0.25, -0.2) is 5.01 Å². The molecule has 1 amide bonds. The molecular weight excluding hydrogens is 431 g/mol. The van der Waals surface area contributed by atoms with Crippen molar-refractivity contribution in [3.05, 3.63) is 64.1 Å². The molecule has 31 heavy (non-hydrogen) atoms. The van der Waals surface area contributed by atoms with Gasteiger partial charge in [0.1, 0.15) is 5.71 Å². The SMILES string of the molecule is C[C@@H]1C(C(=O)NN2CC3CCCC3C2)=NN(c2ccccc2Cl)[C@H]1c1ccc(Cl)cc1. The highest BCUT2D eigenvalue weighted by Crippen LogP contribution is 2.42. The third-order valence-electron chi connectivity index (χ3n) is 6.91. The maximum Gasteiger partial charge on any atom is 0.282 e. The zero-order valence-corrected chi connectivity index (χ0v) is 19.0. The first-order valence-electron chi connectivity index (χ1n) is 10.9. The summed E-state index contributed by atoms with van der Waals surface area (Å²) in [4.78, 5) is 13.3. The predicted molar refractivity (Wildman–Crippen MR) is 125 cm³/mol. The minimum Gasteiger partial charge on any atom is -0.284 e. The van der Waals surface area contributed by atoms with Gasteiger partial charge in [-0.3, -0.25) is 15.2 Å². The van der Waals surface area contributed by atoms with Gasteiger partial charge < -0.3 is 0 Å². The maximum atomic E-state index is 13.3. The molecule has 3 aliphatic rings. The molecule has 4 atom stereocenters. The molecule has 2 aromatic rings. The van der Waals surface area contributed by atoms with Crippen LogP contribution in [0.25, 0.3) is 0 Å². The maximum absolute atomic E-state index is 13.3. The summed E-state index contributed by atoms with van der Waals surface area (Å²) < 4.78 is 0. The number of carbonyl (C=O) groups excluding carboxylic acids is 1. The summed E-state index contributed by atoms with van der Waals surface area (Å²) >= 11 is 12.6. The zero-order valence-electron chi connectivity index (χ0n) is 17.5. The lowest BCUT2D eigenvalue weighted by Gasteiger charge is -2.27. The van der Waals surface area contributed by atoms with Crippen LogP contribution in [0.1, 0.15) is 37.8 Å². The van der Waals surface area contributed by atoms with Crippen LogP contribution < -0.4 is 10.4 Å². The Bertz CT molecular complexity index is 997. The number of rotatable bonds is 4. The molecule has 0 bridgehead atoms. The fourth-order valence-electron chi connectivity index (χ4n) is 5.34. The van der Waals surface area contributed by atoms with Crippen molar-refractivity contribution in [2.24, 2.45) is 22.9 Å². The van der Waals surface area contributed by atoms with E-state index in [1.165, 1.54) is 19.3 Å². The lowest BCUT2D eigenvalue weighted by atomic mass is 9.91. The summed E-state index contributed by atoms with van der Waals surface area (Å²) in [7, 11) is 0. The second-order valence-electron chi connectivity index (χ2n) is 8.86. The predicted octanol–water partition coefficient (Wildman–Crippen LogP) is 5.31. The normalized spacial score (nSPS) is 28.0. The third kappa shape index (κ3) is 3.95. The molecule has 2 aliphatic heterocycles. The van der Waals surface area contributed by atoms with Crippen LogP contribution in [0.3, 0.4) is 0 Å². The summed E-state index contributed by atoms with van der Waals surface area (Å²) in [5.74, 6) is 1.19. The standard InChI is InChI=1S/C24H26Cl2N4O/c1-15-22(24(31)28-29-13-17-5-4-6-18(17)14-29)27-30(21-8-3-2-7-20(21)26)23(15)16-9-11-19(25)12-10-16/h2-3,7-12,15,17-18,23H,4-6,13-14H2,1H3,(H,28,31)/t15-,17?,18?,23-/m1/s1. The van der Waals surface area contributed by atoms with E-state index in [1.807, 2.05) is 60.5 Å². The van der Waals surface area contributed by atoms with Crippen LogP contribution >= 0.6 is 23.2 Å². The molecule has 2 heterocycles. The number of anilines is 1. The van der Waals surface area contributed by atoms with E-state index in [0.717, 1.165) is 24.3 Å². The number of hydrazine groups is 1. The van der Waals surface area contributed by atoms with Crippen molar-refractivity contribution in [2.45, 2.75) is 32.2 Å². The molecule has 5 rings (SSSR count). The largest absolute Gasteiger partial charge is 0.284 e. The Hall–Kier alpha value is -2.08. The van der Waals surface area contributed by atoms with E-state index < -0.39 is 0 Å². The van der Waals surface area contributed by atoms with Gasteiger partial charge in [0.15, 0.2) is 0 Å². The summed E-state index contributed by atoms with van der Waals surface area (Å²) in [5.41, 5.74) is 5.48. The third-order valence-corrected chi connectivity index (χ3v) is 7.48. The lowest BCUT2D eigenvalue weighted by molar-refractivity contribution is -0.119. The molecular formula is C24H26Cl2N4O. The molecule has 0 aromatic heterocycles. The second kappa shape index (κ2) is 8.45. The number of nitrogens with one attached hydrogen (secondary N) is 1. The van der Waals surface area contributed by atoms with Crippen molar-refractivity contribution in [1.82, 2.24) is 10.4 Å². The van der Waals surface area contributed by atoms with Crippen molar-refractivity contribution < 1.29 is 4.79 Å². The Morgan fingerprint density at radius 1 is 1.03 bits per heavy atom. The summed E-state index contributed by atoms with van der Waals surface area (Å²) in [5, 5.41) is 10.0. The summed E-state index contributed by atoms with van der Waals surface area (Å²) in [6.07, 6.45) is 3.86. The number of benzene rings is 2. The molecule has 1 aliphatic carbocycles. The average molecular weight is 457 g/mol. The van der Waals surface area contributed by atoms with Gasteiger partial charge in [-0.1, -0.05) is 60.8 Å². The molecule has 2 aromatic carbocycles. The molecule has 2 fully saturated rings. The van der Waals surface area contributed by atoms with Crippen molar-refractivity contribution in [1.29, 1.82) is 0 Å². The van der Waals surface area contributed by atoms with Crippen LogP contribution in [0, 0.1) is 17.8 Å². The number of hydrogen-bond acceptors (Lipinski definition) is 4. The van der Waals surface area contributed by atoms with E-state index in [1.54, 1.807) is 0 Å². The van der Waals surface area contributed by atoms with Crippen LogP contribution in [-0.4, -0.2) is 29.7 Å². The Kier molecular flexibility index (Phi) is 5.67. The van der Waals surface area contributed by atoms with Gasteiger partial charge in [-0.2, -0.15) is 5.10 Å². The molecule has 1 saturated carbocycles. The first-order chi connectivity index (χ1) is 15.0.